The number of benzene rings is 2. The molecule has 0 aliphatic rings. The summed E-state index contributed by atoms with van der Waals surface area (Å²) >= 11 is 1.03. The summed E-state index contributed by atoms with van der Waals surface area (Å²) in [5.74, 6) is -1.44. The van der Waals surface area contributed by atoms with Crippen LogP contribution in [0.25, 0.3) is 10.6 Å². The molecular weight excluding hydrogens is 324 g/mol. The van der Waals surface area contributed by atoms with Gasteiger partial charge in [0.05, 0.1) is 0 Å². The fourth-order valence-corrected chi connectivity index (χ4v) is 3.00. The zero-order valence-corrected chi connectivity index (χ0v) is 13.6. The molecule has 0 radical (unpaired) electrons. The Morgan fingerprint density at radius 2 is 1.71 bits per heavy atom. The highest BCUT2D eigenvalue weighted by atomic mass is 32.1. The van der Waals surface area contributed by atoms with E-state index in [4.69, 9.17) is 0 Å². The second-order valence-electron chi connectivity index (χ2n) is 5.19. The first-order valence-electron chi connectivity index (χ1n) is 7.22. The molecule has 3 rings (SSSR count). The highest BCUT2D eigenvalue weighted by molar-refractivity contribution is 7.17. The first-order valence-corrected chi connectivity index (χ1v) is 8.04. The summed E-state index contributed by atoms with van der Waals surface area (Å²) in [6.45, 7) is 1.93. The highest BCUT2D eigenvalue weighted by Crippen LogP contribution is 2.31. The lowest BCUT2D eigenvalue weighted by atomic mass is 10.1. The van der Waals surface area contributed by atoms with Crippen LogP contribution in [0.15, 0.2) is 54.6 Å². The Labute approximate surface area is 142 Å². The van der Waals surface area contributed by atoms with Crippen molar-refractivity contribution in [2.45, 2.75) is 6.92 Å². The Morgan fingerprint density at radius 3 is 2.33 bits per heavy atom. The molecule has 1 amide bonds. The molecule has 0 fully saturated rings. The van der Waals surface area contributed by atoms with Gasteiger partial charge in [-0.1, -0.05) is 48.0 Å². The van der Waals surface area contributed by atoms with E-state index in [0.717, 1.165) is 22.5 Å². The number of thiazole rings is 1. The average Bonchev–Trinajstić information content (AvgIpc) is 3.00. The van der Waals surface area contributed by atoms with Crippen LogP contribution in [0.1, 0.15) is 25.6 Å². The predicted octanol–water partition coefficient (Wildman–Crippen LogP) is 4.07. The number of hydrogen-bond acceptors (Lipinski definition) is 4. The molecule has 1 aromatic heterocycles. The lowest BCUT2D eigenvalue weighted by Gasteiger charge is -2.03. The lowest BCUT2D eigenvalue weighted by molar-refractivity contribution is 0.0703. The number of aryl methyl sites for hydroxylation is 1. The summed E-state index contributed by atoms with van der Waals surface area (Å²) in [4.78, 5) is 28.1. The van der Waals surface area contributed by atoms with Gasteiger partial charge >= 0.3 is 5.97 Å². The summed E-state index contributed by atoms with van der Waals surface area (Å²) in [5.41, 5.74) is 2.30. The van der Waals surface area contributed by atoms with Crippen LogP contribution < -0.4 is 5.32 Å². The quantitative estimate of drug-likeness (QED) is 0.751. The van der Waals surface area contributed by atoms with Crippen LogP contribution in [0.2, 0.25) is 0 Å². The van der Waals surface area contributed by atoms with Crippen molar-refractivity contribution >= 4 is 29.0 Å². The van der Waals surface area contributed by atoms with E-state index >= 15 is 0 Å². The van der Waals surface area contributed by atoms with Crippen molar-refractivity contribution in [2.75, 3.05) is 5.32 Å². The largest absolute Gasteiger partial charge is 0.477 e. The van der Waals surface area contributed by atoms with E-state index in [1.54, 1.807) is 12.1 Å². The molecule has 24 heavy (non-hydrogen) atoms. The maximum absolute atomic E-state index is 12.3. The second-order valence-corrected chi connectivity index (χ2v) is 6.19. The monoisotopic (exact) mass is 338 g/mol. The van der Waals surface area contributed by atoms with E-state index < -0.39 is 5.97 Å². The minimum absolute atomic E-state index is 0.00862. The normalized spacial score (nSPS) is 10.4. The molecule has 1 heterocycles. The van der Waals surface area contributed by atoms with Gasteiger partial charge in [-0.15, -0.1) is 11.3 Å². The number of nitrogens with one attached hydrogen (secondary N) is 1. The van der Waals surface area contributed by atoms with Crippen LogP contribution in [-0.4, -0.2) is 22.0 Å². The molecule has 0 atom stereocenters. The SMILES string of the molecule is Cc1ccc(C(=O)Nc2nc(-c3ccccc3)sc2C(=O)O)cc1. The van der Waals surface area contributed by atoms with Crippen LogP contribution in [0.4, 0.5) is 5.82 Å². The van der Waals surface area contributed by atoms with Gasteiger partial charge in [0.1, 0.15) is 5.01 Å². The Bertz CT molecular complexity index is 886. The van der Waals surface area contributed by atoms with Crippen LogP contribution >= 0.6 is 11.3 Å². The topological polar surface area (TPSA) is 79.3 Å². The summed E-state index contributed by atoms with van der Waals surface area (Å²) < 4.78 is 0. The van der Waals surface area contributed by atoms with Gasteiger partial charge in [-0.25, -0.2) is 9.78 Å². The molecule has 0 spiro atoms. The summed E-state index contributed by atoms with van der Waals surface area (Å²) in [6.07, 6.45) is 0. The van der Waals surface area contributed by atoms with E-state index in [-0.39, 0.29) is 16.6 Å². The second kappa shape index (κ2) is 6.64. The van der Waals surface area contributed by atoms with Gasteiger partial charge < -0.3 is 10.4 Å². The number of carbonyl (C=O) groups excluding carboxylic acids is 1. The molecule has 5 nitrogen and oxygen atoms in total. The van der Waals surface area contributed by atoms with E-state index in [9.17, 15) is 14.7 Å². The molecule has 0 bridgehead atoms. The van der Waals surface area contributed by atoms with Crippen molar-refractivity contribution in [3.63, 3.8) is 0 Å². The molecule has 2 N–H and O–H groups in total. The number of hydrogen-bond donors (Lipinski definition) is 2. The molecule has 0 unspecified atom stereocenters. The number of nitrogens with zero attached hydrogens (tertiary/aromatic N) is 1. The van der Waals surface area contributed by atoms with E-state index in [2.05, 4.69) is 10.3 Å². The van der Waals surface area contributed by atoms with Crippen molar-refractivity contribution in [3.8, 4) is 10.6 Å². The van der Waals surface area contributed by atoms with Crippen molar-refractivity contribution in [2.24, 2.45) is 0 Å². The van der Waals surface area contributed by atoms with E-state index in [0.29, 0.717) is 10.6 Å². The third-order valence-electron chi connectivity index (χ3n) is 3.39. The summed E-state index contributed by atoms with van der Waals surface area (Å²) in [6, 6.07) is 16.3. The zero-order valence-electron chi connectivity index (χ0n) is 12.8. The maximum Gasteiger partial charge on any atom is 0.349 e. The van der Waals surface area contributed by atoms with Crippen LogP contribution in [0.5, 0.6) is 0 Å². The minimum Gasteiger partial charge on any atom is -0.477 e. The van der Waals surface area contributed by atoms with Crippen LogP contribution in [0.3, 0.4) is 0 Å². The molecule has 3 aromatic rings. The molecule has 0 saturated carbocycles. The van der Waals surface area contributed by atoms with Crippen molar-refractivity contribution in [1.82, 2.24) is 4.98 Å². The number of amides is 1. The minimum atomic E-state index is -1.12. The molecule has 2 aromatic carbocycles. The standard InChI is InChI=1S/C18H14N2O3S/c1-11-7-9-12(10-8-11)16(21)19-15-14(18(22)23)24-17(20-15)13-5-3-2-4-6-13/h2-10H,1H3,(H,19,21)(H,22,23). The van der Waals surface area contributed by atoms with Crippen molar-refractivity contribution < 1.29 is 14.7 Å². The Morgan fingerprint density at radius 1 is 1.04 bits per heavy atom. The maximum atomic E-state index is 12.3. The highest BCUT2D eigenvalue weighted by Gasteiger charge is 2.20. The first-order chi connectivity index (χ1) is 11.5. The Kier molecular flexibility index (Phi) is 4.39. The smallest absolute Gasteiger partial charge is 0.349 e. The number of rotatable bonds is 4. The molecule has 0 aliphatic carbocycles. The van der Waals surface area contributed by atoms with Gasteiger partial charge in [0.15, 0.2) is 10.7 Å². The van der Waals surface area contributed by atoms with Gasteiger partial charge in [0, 0.05) is 11.1 Å². The number of anilines is 1. The number of aromatic nitrogens is 1. The fraction of sp³-hybridized carbons (Fsp3) is 0.0556. The fourth-order valence-electron chi connectivity index (χ4n) is 2.14. The van der Waals surface area contributed by atoms with Gasteiger partial charge in [0.2, 0.25) is 0 Å². The van der Waals surface area contributed by atoms with Gasteiger partial charge in [-0.3, -0.25) is 4.79 Å². The first kappa shape index (κ1) is 15.9. The van der Waals surface area contributed by atoms with E-state index in [1.165, 1.54) is 0 Å². The van der Waals surface area contributed by atoms with Crippen LogP contribution in [0, 0.1) is 6.92 Å². The molecule has 120 valence electrons. The van der Waals surface area contributed by atoms with Gasteiger partial charge in [-0.05, 0) is 19.1 Å². The number of carbonyl (C=O) groups is 2. The van der Waals surface area contributed by atoms with Crippen molar-refractivity contribution in [3.05, 3.63) is 70.6 Å². The number of carboxylic acids is 1. The number of carboxylic acid groups (broad SMARTS) is 1. The van der Waals surface area contributed by atoms with Gasteiger partial charge in [-0.2, -0.15) is 0 Å². The zero-order chi connectivity index (χ0) is 17.1. The average molecular weight is 338 g/mol. The van der Waals surface area contributed by atoms with Gasteiger partial charge in [0.25, 0.3) is 5.91 Å². The molecule has 0 saturated heterocycles. The predicted molar refractivity (Wildman–Crippen MR) is 93.6 cm³/mol. The third-order valence-corrected chi connectivity index (χ3v) is 4.48. The van der Waals surface area contributed by atoms with Crippen molar-refractivity contribution in [1.29, 1.82) is 0 Å². The van der Waals surface area contributed by atoms with E-state index in [1.807, 2.05) is 49.4 Å². The third kappa shape index (κ3) is 3.33. The summed E-state index contributed by atoms with van der Waals surface area (Å²) in [5, 5.41) is 12.5. The Hall–Kier alpha value is -2.99. The molecular formula is C18H14N2O3S. The van der Waals surface area contributed by atoms with Crippen LogP contribution in [-0.2, 0) is 0 Å². The number of aromatic carboxylic acids is 1. The summed E-state index contributed by atoms with van der Waals surface area (Å²) in [7, 11) is 0. The Balaban J connectivity index is 1.92. The lowest BCUT2D eigenvalue weighted by Crippen LogP contribution is -2.14. The molecule has 0 aliphatic heterocycles. The molecule has 6 heteroatoms.